The number of hydrogen-bond donors (Lipinski definition) is 1. The van der Waals surface area contributed by atoms with E-state index >= 15 is 0 Å². The Hall–Kier alpha value is -3.54. The van der Waals surface area contributed by atoms with Crippen LogP contribution >= 0.6 is 0 Å². The van der Waals surface area contributed by atoms with Crippen LogP contribution in [-0.4, -0.2) is 62.5 Å². The number of rotatable bonds is 13. The highest BCUT2D eigenvalue weighted by atomic mass is 16.7. The molecular formula is C31H49NO11. The lowest BCUT2D eigenvalue weighted by atomic mass is 9.99. The van der Waals surface area contributed by atoms with Gasteiger partial charge in [-0.1, -0.05) is 61.5 Å². The van der Waals surface area contributed by atoms with Crippen LogP contribution in [0, 0.1) is 16.7 Å². The molecule has 2 N–H and O–H groups in total. The zero-order chi connectivity index (χ0) is 33.0. The first-order valence-corrected chi connectivity index (χ1v) is 14.4. The lowest BCUT2D eigenvalue weighted by Gasteiger charge is -2.22. The second kappa shape index (κ2) is 16.9. The van der Waals surface area contributed by atoms with Crippen molar-refractivity contribution in [2.75, 3.05) is 19.8 Å². The van der Waals surface area contributed by atoms with Gasteiger partial charge in [0.25, 0.3) is 0 Å². The number of ether oxygens (including phenoxy) is 7. The second-order valence-electron chi connectivity index (χ2n) is 13.2. The minimum atomic E-state index is -1.11. The standard InChI is InChI=1S/C31H49NO11/c1-19(2)13-14-37-27(34)41-21(4)20(3)40-26(33)23(32)15-22-11-12-24(42-28(35)38-17-30(5,6)7)25(16-22)43-29(36)39-18-31(8,9)10/h11-12,16,19-21,23H,13-15,17-18,32H2,1-10H3/t20-,21-,23-/m0/s1. The van der Waals surface area contributed by atoms with Crippen LogP contribution < -0.4 is 15.2 Å². The third-order valence-corrected chi connectivity index (χ3v) is 5.56. The number of hydrogen-bond acceptors (Lipinski definition) is 12. The number of carbonyl (C=O) groups excluding carboxylic acids is 4. The molecule has 0 saturated heterocycles. The van der Waals surface area contributed by atoms with Gasteiger partial charge < -0.3 is 38.9 Å². The zero-order valence-electron chi connectivity index (χ0n) is 27.1. The maximum absolute atomic E-state index is 12.7. The van der Waals surface area contributed by atoms with Gasteiger partial charge in [-0.25, -0.2) is 14.4 Å². The quantitative estimate of drug-likeness (QED) is 0.153. The van der Waals surface area contributed by atoms with E-state index in [2.05, 4.69) is 0 Å². The zero-order valence-corrected chi connectivity index (χ0v) is 27.1. The monoisotopic (exact) mass is 611 g/mol. The van der Waals surface area contributed by atoms with E-state index in [-0.39, 0.29) is 48.6 Å². The van der Waals surface area contributed by atoms with Crippen molar-refractivity contribution in [1.29, 1.82) is 0 Å². The van der Waals surface area contributed by atoms with Crippen LogP contribution in [0.4, 0.5) is 14.4 Å². The first kappa shape index (κ1) is 37.5. The number of benzene rings is 1. The Morgan fingerprint density at radius 3 is 1.74 bits per heavy atom. The Morgan fingerprint density at radius 1 is 0.721 bits per heavy atom. The van der Waals surface area contributed by atoms with Crippen LogP contribution in [0.5, 0.6) is 11.5 Å². The molecule has 0 aromatic heterocycles. The van der Waals surface area contributed by atoms with Crippen LogP contribution in [0.2, 0.25) is 0 Å². The minimum absolute atomic E-state index is 0.0137. The summed E-state index contributed by atoms with van der Waals surface area (Å²) < 4.78 is 36.5. The third kappa shape index (κ3) is 16.6. The van der Waals surface area contributed by atoms with E-state index in [1.54, 1.807) is 19.9 Å². The van der Waals surface area contributed by atoms with Crippen molar-refractivity contribution in [3.8, 4) is 11.5 Å². The molecule has 12 nitrogen and oxygen atoms in total. The summed E-state index contributed by atoms with van der Waals surface area (Å²) in [6, 6.07) is 3.23. The second-order valence-corrected chi connectivity index (χ2v) is 13.2. The molecule has 12 heteroatoms. The summed E-state index contributed by atoms with van der Waals surface area (Å²) in [7, 11) is 0. The normalized spacial score (nSPS) is 13.8. The average molecular weight is 612 g/mol. The molecular weight excluding hydrogens is 562 g/mol. The maximum Gasteiger partial charge on any atom is 0.513 e. The number of carbonyl (C=O) groups is 4. The molecule has 0 spiro atoms. The largest absolute Gasteiger partial charge is 0.513 e. The van der Waals surface area contributed by atoms with Crippen molar-refractivity contribution >= 4 is 24.4 Å². The molecule has 0 fully saturated rings. The van der Waals surface area contributed by atoms with Gasteiger partial charge in [0.05, 0.1) is 19.8 Å². The molecule has 0 aliphatic heterocycles. The Balaban J connectivity index is 2.91. The summed E-state index contributed by atoms with van der Waals surface area (Å²) in [5, 5.41) is 0. The van der Waals surface area contributed by atoms with E-state index in [9.17, 15) is 19.2 Å². The topological polar surface area (TPSA) is 159 Å². The molecule has 0 radical (unpaired) electrons. The predicted octanol–water partition coefficient (Wildman–Crippen LogP) is 6.20. The molecule has 43 heavy (non-hydrogen) atoms. The van der Waals surface area contributed by atoms with Gasteiger partial charge in [-0.05, 0) is 61.1 Å². The molecule has 0 aliphatic rings. The van der Waals surface area contributed by atoms with E-state index in [0.717, 1.165) is 0 Å². The summed E-state index contributed by atoms with van der Waals surface area (Å²) in [6.45, 7) is 18.9. The van der Waals surface area contributed by atoms with Crippen LogP contribution in [0.15, 0.2) is 18.2 Å². The highest BCUT2D eigenvalue weighted by Crippen LogP contribution is 2.30. The molecule has 1 aromatic carbocycles. The summed E-state index contributed by atoms with van der Waals surface area (Å²) in [4.78, 5) is 49.2. The van der Waals surface area contributed by atoms with Crippen molar-refractivity contribution in [2.24, 2.45) is 22.5 Å². The molecule has 0 bridgehead atoms. The molecule has 3 atom stereocenters. The van der Waals surface area contributed by atoms with Gasteiger partial charge in [-0.3, -0.25) is 4.79 Å². The van der Waals surface area contributed by atoms with E-state index in [1.807, 2.05) is 55.4 Å². The van der Waals surface area contributed by atoms with Gasteiger partial charge in [-0.2, -0.15) is 0 Å². The summed E-state index contributed by atoms with van der Waals surface area (Å²) in [6.07, 6.45) is -3.74. The van der Waals surface area contributed by atoms with Crippen LogP contribution in [0.25, 0.3) is 0 Å². The van der Waals surface area contributed by atoms with Gasteiger partial charge >= 0.3 is 24.4 Å². The van der Waals surface area contributed by atoms with Crippen molar-refractivity contribution in [2.45, 2.75) is 100 Å². The van der Waals surface area contributed by atoms with Crippen LogP contribution in [0.1, 0.15) is 81.2 Å². The number of esters is 1. The molecule has 1 rings (SSSR count). The molecule has 0 saturated carbocycles. The minimum Gasteiger partial charge on any atom is -0.458 e. The van der Waals surface area contributed by atoms with Crippen LogP contribution in [-0.2, 0) is 34.9 Å². The van der Waals surface area contributed by atoms with Gasteiger partial charge in [0, 0.05) is 0 Å². The fraction of sp³-hybridized carbons (Fsp3) is 0.677. The summed E-state index contributed by atoms with van der Waals surface area (Å²) in [5.74, 6) is -0.591. The van der Waals surface area contributed by atoms with E-state index in [1.165, 1.54) is 12.1 Å². The van der Waals surface area contributed by atoms with Crippen molar-refractivity contribution in [1.82, 2.24) is 0 Å². The number of nitrogens with two attached hydrogens (primary N) is 1. The van der Waals surface area contributed by atoms with Crippen molar-refractivity contribution < 1.29 is 52.3 Å². The molecule has 1 aromatic rings. The summed E-state index contributed by atoms with van der Waals surface area (Å²) >= 11 is 0. The highest BCUT2D eigenvalue weighted by Gasteiger charge is 2.26. The molecule has 0 amide bonds. The first-order valence-electron chi connectivity index (χ1n) is 14.4. The molecule has 244 valence electrons. The molecule has 0 aliphatic carbocycles. The van der Waals surface area contributed by atoms with Gasteiger partial charge in [0.15, 0.2) is 11.5 Å². The fourth-order valence-electron chi connectivity index (χ4n) is 3.00. The van der Waals surface area contributed by atoms with Crippen molar-refractivity contribution in [3.05, 3.63) is 23.8 Å². The fourth-order valence-corrected chi connectivity index (χ4v) is 3.00. The average Bonchev–Trinajstić information content (AvgIpc) is 2.86. The lowest BCUT2D eigenvalue weighted by molar-refractivity contribution is -0.155. The Kier molecular flexibility index (Phi) is 14.8. The van der Waals surface area contributed by atoms with Crippen LogP contribution in [0.3, 0.4) is 0 Å². The Bertz CT molecular complexity index is 1070. The SMILES string of the molecule is CC(C)CCOC(=O)O[C@@H](C)[C@H](C)OC(=O)[C@@H](N)Cc1ccc(OC(=O)OCC(C)(C)C)c(OC(=O)OCC(C)(C)C)c1. The third-order valence-electron chi connectivity index (χ3n) is 5.56. The summed E-state index contributed by atoms with van der Waals surface area (Å²) in [5.41, 5.74) is 5.97. The Labute approximate surface area is 254 Å². The first-order chi connectivity index (χ1) is 19.8. The smallest absolute Gasteiger partial charge is 0.458 e. The lowest BCUT2D eigenvalue weighted by Crippen LogP contribution is -2.39. The van der Waals surface area contributed by atoms with Gasteiger partial charge in [0.2, 0.25) is 0 Å². The van der Waals surface area contributed by atoms with E-state index in [0.29, 0.717) is 17.9 Å². The Morgan fingerprint density at radius 2 is 1.23 bits per heavy atom. The maximum atomic E-state index is 12.7. The van der Waals surface area contributed by atoms with E-state index < -0.39 is 42.7 Å². The predicted molar refractivity (Wildman–Crippen MR) is 158 cm³/mol. The molecule has 0 unspecified atom stereocenters. The van der Waals surface area contributed by atoms with Crippen molar-refractivity contribution in [3.63, 3.8) is 0 Å². The highest BCUT2D eigenvalue weighted by molar-refractivity contribution is 5.76. The van der Waals surface area contributed by atoms with Gasteiger partial charge in [-0.15, -0.1) is 0 Å². The molecule has 0 heterocycles. The van der Waals surface area contributed by atoms with E-state index in [4.69, 9.17) is 38.9 Å². The van der Waals surface area contributed by atoms with Gasteiger partial charge in [0.1, 0.15) is 18.2 Å².